The third-order valence-corrected chi connectivity index (χ3v) is 24.7. The highest BCUT2D eigenvalue weighted by Gasteiger charge is 2.33. The van der Waals surface area contributed by atoms with Crippen molar-refractivity contribution in [2.45, 2.75) is 290 Å². The minimum Gasteiger partial charge on any atom is -0.242 e. The minimum atomic E-state index is 0.688. The molecule has 4 fully saturated rings. The first kappa shape index (κ1) is 90.4. The van der Waals surface area contributed by atoms with Gasteiger partial charge in [0.25, 0.3) is 0 Å². The van der Waals surface area contributed by atoms with Gasteiger partial charge in [-0.05, 0) is 395 Å². The van der Waals surface area contributed by atoms with E-state index in [2.05, 4.69) is 339 Å². The van der Waals surface area contributed by atoms with Gasteiger partial charge in [0.15, 0.2) is 0 Å². The molecule has 646 valence electrons. The molecule has 0 unspecified atom stereocenters. The average Bonchev–Trinajstić information content (AvgIpc) is 1.60. The maximum absolute atomic E-state index is 4.99. The Bertz CT molecular complexity index is 5820. The second kappa shape index (κ2) is 37.9. The van der Waals surface area contributed by atoms with E-state index in [0.717, 1.165) is 120 Å². The maximum Gasteiger partial charge on any atom is 0.0812 e. The smallest absolute Gasteiger partial charge is 0.0812 e. The predicted molar refractivity (Wildman–Crippen MR) is 520 cm³/mol. The molecule has 0 aliphatic heterocycles. The van der Waals surface area contributed by atoms with Crippen molar-refractivity contribution in [1.82, 2.24) is 46.8 Å². The largest absolute Gasteiger partial charge is 0.242 e. The van der Waals surface area contributed by atoms with Crippen molar-refractivity contribution in [3.8, 4) is 11.3 Å². The van der Waals surface area contributed by atoms with Crippen molar-refractivity contribution in [2.24, 2.45) is 51.0 Å². The van der Waals surface area contributed by atoms with Gasteiger partial charge in [-0.3, -0.25) is 0 Å². The first-order valence-corrected chi connectivity index (χ1v) is 44.1. The van der Waals surface area contributed by atoms with Crippen LogP contribution in [0.15, 0.2) is 178 Å². The molecule has 4 saturated carbocycles. The first-order valence-electron chi connectivity index (χ1n) is 44.1. The fraction of sp³-hybridized carbons (Fsp3) is 0.417. The number of hydrogen-bond donors (Lipinski definition) is 0. The third kappa shape index (κ3) is 20.8. The van der Waals surface area contributed by atoms with Gasteiger partial charge in [0.2, 0.25) is 0 Å². The second-order valence-corrected chi connectivity index (χ2v) is 35.3. The monoisotopic (exact) mass is 1650 g/mol. The molecule has 20 nitrogen and oxygen atoms in total. The number of aryl methyl sites for hydroxylation is 19. The van der Waals surface area contributed by atoms with Gasteiger partial charge in [0, 0.05) is 137 Å². The van der Waals surface area contributed by atoms with Crippen LogP contribution in [0.4, 0.5) is 0 Å². The molecule has 2 aromatic carbocycles. The van der Waals surface area contributed by atoms with Gasteiger partial charge in [0.05, 0.1) is 62.8 Å². The molecule has 4 aliphatic rings. The molecule has 10 heterocycles. The summed E-state index contributed by atoms with van der Waals surface area (Å²) >= 11 is 0. The van der Waals surface area contributed by atoms with E-state index in [-0.39, 0.29) is 0 Å². The quantitative estimate of drug-likeness (QED) is 0.0662. The molecule has 16 rings (SSSR count). The van der Waals surface area contributed by atoms with E-state index in [9.17, 15) is 0 Å². The van der Waals surface area contributed by atoms with Crippen molar-refractivity contribution in [2.75, 3.05) is 0 Å². The Balaban J connectivity index is 0.000000141. The number of aromatic nitrogens is 10. The van der Waals surface area contributed by atoms with Crippen LogP contribution in [-0.4, -0.2) is 104 Å². The Hall–Kier alpha value is -11.8. The molecule has 10 aromatic heterocycles. The first-order chi connectivity index (χ1) is 58.3. The van der Waals surface area contributed by atoms with Gasteiger partial charge in [-0.25, -0.2) is 46.8 Å². The summed E-state index contributed by atoms with van der Waals surface area (Å²) < 4.78 is 20.5. The van der Waals surface area contributed by atoms with Gasteiger partial charge in [0.1, 0.15) is 0 Å². The van der Waals surface area contributed by atoms with E-state index >= 15 is 0 Å². The fourth-order valence-electron chi connectivity index (χ4n) is 16.2. The molecule has 123 heavy (non-hydrogen) atoms. The molecule has 0 saturated heterocycles. The topological polar surface area (TPSA) is 173 Å². The average molecular weight is 1650 g/mol. The molecule has 0 atom stereocenters. The highest BCUT2D eigenvalue weighted by atomic mass is 15.4. The van der Waals surface area contributed by atoms with Crippen LogP contribution in [0.25, 0.3) is 22.0 Å². The molecule has 0 N–H and O–H groups in total. The predicted octanol–water partition coefficient (Wildman–Crippen LogP) is 25.0. The van der Waals surface area contributed by atoms with E-state index in [1.165, 1.54) is 152 Å². The van der Waals surface area contributed by atoms with Crippen molar-refractivity contribution >= 4 is 67.9 Å². The molecule has 0 spiro atoms. The molecule has 4 aliphatic carbocycles. The lowest BCUT2D eigenvalue weighted by Gasteiger charge is -2.11. The van der Waals surface area contributed by atoms with Crippen molar-refractivity contribution < 1.29 is 0 Å². The van der Waals surface area contributed by atoms with Crippen LogP contribution in [-0.2, 0) is 0 Å². The molecule has 0 bridgehead atoms. The lowest BCUT2D eigenvalue weighted by molar-refractivity contribution is 0.766. The van der Waals surface area contributed by atoms with Crippen LogP contribution >= 0.6 is 0 Å². The summed E-state index contributed by atoms with van der Waals surface area (Å²) in [4.78, 5) is 0. The van der Waals surface area contributed by atoms with E-state index < -0.39 is 0 Å². The van der Waals surface area contributed by atoms with Gasteiger partial charge in [-0.1, -0.05) is 42.5 Å². The Kier molecular flexibility index (Phi) is 27.9. The summed E-state index contributed by atoms with van der Waals surface area (Å²) in [5, 5.41) is 50.7. The lowest BCUT2D eigenvalue weighted by Crippen LogP contribution is -2.13. The van der Waals surface area contributed by atoms with Crippen molar-refractivity contribution in [3.63, 3.8) is 0 Å². The normalized spacial score (nSPS) is 15.4. The highest BCUT2D eigenvalue weighted by molar-refractivity contribution is 6.42. The summed E-state index contributed by atoms with van der Waals surface area (Å²) in [5.41, 5.74) is 42.5. The van der Waals surface area contributed by atoms with Crippen molar-refractivity contribution in [1.29, 1.82) is 0 Å². The number of rotatable bonds is 20. The minimum absolute atomic E-state index is 0.688. The van der Waals surface area contributed by atoms with E-state index in [1.807, 2.05) is 64.9 Å². The molecule has 20 heteroatoms. The van der Waals surface area contributed by atoms with Gasteiger partial charge < -0.3 is 0 Å². The van der Waals surface area contributed by atoms with Crippen LogP contribution in [0.1, 0.15) is 286 Å². The molecule has 12 aromatic rings. The van der Waals surface area contributed by atoms with Gasteiger partial charge in [-0.2, -0.15) is 51.0 Å². The summed E-state index contributed by atoms with van der Waals surface area (Å²) in [6, 6.07) is 44.9. The van der Waals surface area contributed by atoms with Gasteiger partial charge in [-0.15, -0.1) is 0 Å². The fourth-order valence-corrected chi connectivity index (χ4v) is 16.2. The zero-order valence-corrected chi connectivity index (χ0v) is 79.5. The van der Waals surface area contributed by atoms with Gasteiger partial charge >= 0.3 is 0 Å². The molecule has 0 amide bonds. The Morgan fingerprint density at radius 1 is 0.211 bits per heavy atom. The second-order valence-electron chi connectivity index (χ2n) is 35.3. The molecular weight excluding hydrogens is 1520 g/mol. The van der Waals surface area contributed by atoms with Crippen LogP contribution < -0.4 is 0 Å². The number of hydrogen-bond acceptors (Lipinski definition) is 10. The summed E-state index contributed by atoms with van der Waals surface area (Å²) in [7, 11) is 0. The third-order valence-electron chi connectivity index (χ3n) is 24.7. The Morgan fingerprint density at radius 3 is 0.683 bits per heavy atom. The maximum atomic E-state index is 4.99. The standard InChI is InChI=1S/C26H28N4.2C22H30N4.C17H24N4.C16H22N4/c1-17-16-26(25-13-9-11-23-10-7-8-12-24(23)25)30(22(17)6)28-21(5)20(4)27-29-18(2)14-15-19(29)3;2*1-13-11-15(3)25(21(13)19-7-8-19)23-17(5)18(6)24-26-16(4)12-14(2)22(26)20-9-10-20;1-11-10-14(4)21(17(11)7)19-16(6)15(5)18-20-12(2)8-9-13(20)3;1-11-7-8-12(2)19(11)17-15(5)16(6)18-20-13(3)9-10-14(20)4/h7-16H,1-6H3;2*11-12,19-20H,7-10H2,1-6H3;8-10H,1-7H3;7-10H,1-6H3/b27-20+,28-21+;2*23-17+,24-18+;18-15+,19-16+;17-15+,18-16+. The van der Waals surface area contributed by atoms with Crippen LogP contribution in [0, 0.1) is 145 Å². The van der Waals surface area contributed by atoms with Crippen LogP contribution in [0.2, 0.25) is 0 Å². The Labute approximate surface area is 731 Å². The summed E-state index contributed by atoms with van der Waals surface area (Å²) in [5.74, 6) is 2.75. The van der Waals surface area contributed by atoms with E-state index in [0.29, 0.717) is 23.7 Å². The number of fused-ring (bicyclic) bond motifs is 1. The zero-order chi connectivity index (χ0) is 89.2. The van der Waals surface area contributed by atoms with E-state index in [1.54, 1.807) is 0 Å². The molecular formula is C103H134N20. The SMILES string of the molecule is CC(=N\n1c(C)cc(C)c1C1CC1)/C(C)=N/n1c(C)cc(C)c1C1CC1.CC(=N\n1c(C)cc(C)c1C1CC1)/C(C)=N/n1c(C)cc(C)c1C1CC1.CC(=N\n1c(C)ccc1C)/C(C)=N/n1c(-c2cccc3ccccc23)cc(C)c1C.CC(=N\n1c(C)ccc1C)/C(C)=N/n1c(C)cc(C)c1C.CC(=N\n1c(C)ccc1C)/C(C)=N/n1c(C)ccc1C. The highest BCUT2D eigenvalue weighted by Crippen LogP contribution is 2.46. The van der Waals surface area contributed by atoms with Crippen molar-refractivity contribution in [3.05, 3.63) is 269 Å². The summed E-state index contributed by atoms with van der Waals surface area (Å²) in [6.07, 6.45) is 10.3. The Morgan fingerprint density at radius 2 is 0.423 bits per heavy atom. The van der Waals surface area contributed by atoms with Crippen LogP contribution in [0.5, 0.6) is 0 Å². The summed E-state index contributed by atoms with van der Waals surface area (Å²) in [6.45, 7) is 64.7. The number of nitrogens with zero attached hydrogens (tertiary/aromatic N) is 20. The molecule has 0 radical (unpaired) electrons. The lowest BCUT2D eigenvalue weighted by atomic mass is 10.0. The van der Waals surface area contributed by atoms with E-state index in [4.69, 9.17) is 35.7 Å². The van der Waals surface area contributed by atoms with Crippen LogP contribution in [0.3, 0.4) is 0 Å². The number of benzene rings is 2. The zero-order valence-electron chi connectivity index (χ0n) is 79.5.